The van der Waals surface area contributed by atoms with E-state index in [0.717, 1.165) is 6.42 Å². The fourth-order valence-corrected chi connectivity index (χ4v) is 8.35. The highest BCUT2D eigenvalue weighted by Crippen LogP contribution is 2.64. The maximum atomic E-state index is 12.9. The van der Waals surface area contributed by atoms with Crippen molar-refractivity contribution in [2.75, 3.05) is 10.5 Å². The molecule has 3 N–H and O–H groups in total. The number of hydrogen-bond donors (Lipinski definition) is 3. The van der Waals surface area contributed by atoms with Gasteiger partial charge in [-0.3, -0.25) is 14.4 Å². The summed E-state index contributed by atoms with van der Waals surface area (Å²) >= 11 is 0. The molecule has 0 radical (unpaired) electrons. The van der Waals surface area contributed by atoms with Crippen molar-refractivity contribution in [2.45, 2.75) is 63.6 Å². The Hall–Kier alpha value is -1.53. The van der Waals surface area contributed by atoms with E-state index in [1.54, 1.807) is 0 Å². The summed E-state index contributed by atoms with van der Waals surface area (Å²) in [6, 6.07) is 5.50. The van der Waals surface area contributed by atoms with E-state index in [4.69, 9.17) is 4.84 Å². The zero-order chi connectivity index (χ0) is 22.7. The topological polar surface area (TPSA) is 131 Å². The summed E-state index contributed by atoms with van der Waals surface area (Å²) in [7, 11) is -7.59. The lowest BCUT2D eigenvalue weighted by Crippen LogP contribution is -2.43. The van der Waals surface area contributed by atoms with Gasteiger partial charge in [-0.2, -0.15) is 10.2 Å². The molecule has 3 fully saturated rings. The van der Waals surface area contributed by atoms with Crippen LogP contribution >= 0.6 is 0 Å². The monoisotopic (exact) mass is 471 g/mol. The first-order chi connectivity index (χ1) is 14.3. The second kappa shape index (κ2) is 7.51. The Balaban J connectivity index is 1.46. The third-order valence-electron chi connectivity index (χ3n) is 7.29. The number of benzene rings is 1. The van der Waals surface area contributed by atoms with E-state index >= 15 is 0 Å². The van der Waals surface area contributed by atoms with Gasteiger partial charge in [0.1, 0.15) is 5.78 Å². The fourth-order valence-electron chi connectivity index (χ4n) is 5.30. The molecule has 1 aliphatic heterocycles. The number of sulfonamides is 2. The van der Waals surface area contributed by atoms with Crippen LogP contribution in [0.4, 0.5) is 5.69 Å². The molecule has 2 saturated carbocycles. The second-order valence-electron chi connectivity index (χ2n) is 9.51. The van der Waals surface area contributed by atoms with Crippen molar-refractivity contribution in [3.05, 3.63) is 24.3 Å². The zero-order valence-corrected chi connectivity index (χ0v) is 19.5. The Bertz CT molecular complexity index is 1080. The molecule has 2 aliphatic carbocycles. The number of hydrogen-bond acceptors (Lipinski definition) is 7. The van der Waals surface area contributed by atoms with Gasteiger partial charge in [0.15, 0.2) is 0 Å². The number of ketones is 1. The predicted octanol–water partition coefficient (Wildman–Crippen LogP) is 1.74. The fraction of sp³-hybridized carbons (Fsp3) is 0.650. The maximum Gasteiger partial charge on any atom is 0.241 e. The van der Waals surface area contributed by atoms with Gasteiger partial charge in [-0.15, -0.1) is 0 Å². The van der Waals surface area contributed by atoms with Crippen LogP contribution in [0, 0.1) is 16.7 Å². The van der Waals surface area contributed by atoms with Crippen molar-refractivity contribution in [3.8, 4) is 0 Å². The molecule has 4 atom stereocenters. The highest BCUT2D eigenvalue weighted by atomic mass is 32.2. The lowest BCUT2D eigenvalue weighted by Gasteiger charge is -2.36. The van der Waals surface area contributed by atoms with Gasteiger partial charge in [0, 0.05) is 18.5 Å². The number of anilines is 1. The average Bonchev–Trinajstić information content (AvgIpc) is 3.22. The summed E-state index contributed by atoms with van der Waals surface area (Å²) in [5.41, 5.74) is 1.67. The summed E-state index contributed by atoms with van der Waals surface area (Å²) in [6.07, 6.45) is 1.77. The lowest BCUT2D eigenvalue weighted by molar-refractivity contribution is -0.128. The molecule has 31 heavy (non-hydrogen) atoms. The van der Waals surface area contributed by atoms with Crippen LogP contribution in [0.2, 0.25) is 0 Å². The standard InChI is InChI=1S/C20H29N3O6S2/c1-13-10-18(21-29-13)23-31(27,28)16-6-4-15(5-7-16)22-30(25,26)12-20-9-8-14(11-17(20)24)19(20,2)3/h4-7,13-14,18,21-23H,8-12H2,1-3H3. The van der Waals surface area contributed by atoms with Gasteiger partial charge in [0.2, 0.25) is 20.0 Å². The van der Waals surface area contributed by atoms with Crippen molar-refractivity contribution in [2.24, 2.45) is 16.7 Å². The highest BCUT2D eigenvalue weighted by molar-refractivity contribution is 7.92. The molecule has 0 aromatic heterocycles. The maximum absolute atomic E-state index is 12.9. The summed E-state index contributed by atoms with van der Waals surface area (Å²) in [5, 5.41) is 0. The molecular formula is C20H29N3O6S2. The minimum atomic E-state index is -3.80. The normalized spacial score (nSPS) is 32.5. The Morgan fingerprint density at radius 3 is 2.35 bits per heavy atom. The first-order valence-corrected chi connectivity index (χ1v) is 13.6. The molecule has 4 rings (SSSR count). The number of nitrogens with one attached hydrogen (secondary N) is 3. The molecule has 4 unspecified atom stereocenters. The molecular weight excluding hydrogens is 442 g/mol. The van der Waals surface area contributed by atoms with E-state index in [0.29, 0.717) is 19.3 Å². The van der Waals surface area contributed by atoms with Crippen LogP contribution in [0.3, 0.4) is 0 Å². The van der Waals surface area contributed by atoms with Crippen molar-refractivity contribution >= 4 is 31.5 Å². The number of Topliss-reactive ketones (excluding diaryl/α,β-unsaturated/α-hetero) is 1. The van der Waals surface area contributed by atoms with Gasteiger partial charge >= 0.3 is 0 Å². The summed E-state index contributed by atoms with van der Waals surface area (Å²) in [5.74, 6) is 0.00976. The first-order valence-electron chi connectivity index (χ1n) is 10.4. The lowest BCUT2D eigenvalue weighted by atomic mass is 9.70. The van der Waals surface area contributed by atoms with Crippen LogP contribution in [0.15, 0.2) is 29.2 Å². The van der Waals surface area contributed by atoms with E-state index in [-0.39, 0.29) is 39.6 Å². The van der Waals surface area contributed by atoms with Crippen molar-refractivity contribution < 1.29 is 26.5 Å². The number of carbonyl (C=O) groups is 1. The molecule has 2 bridgehead atoms. The molecule has 172 valence electrons. The molecule has 11 heteroatoms. The molecule has 1 heterocycles. The molecule has 9 nitrogen and oxygen atoms in total. The Labute approximate surface area is 183 Å². The van der Waals surface area contributed by atoms with Crippen LogP contribution in [0.25, 0.3) is 0 Å². The smallest absolute Gasteiger partial charge is 0.241 e. The van der Waals surface area contributed by atoms with Gasteiger partial charge in [-0.05, 0) is 55.4 Å². The third kappa shape index (κ3) is 4.02. The van der Waals surface area contributed by atoms with Crippen LogP contribution in [0.1, 0.15) is 46.5 Å². The zero-order valence-electron chi connectivity index (χ0n) is 17.8. The van der Waals surface area contributed by atoms with E-state index in [1.807, 2.05) is 20.8 Å². The summed E-state index contributed by atoms with van der Waals surface area (Å²) in [4.78, 5) is 17.8. The van der Waals surface area contributed by atoms with Crippen molar-refractivity contribution in [3.63, 3.8) is 0 Å². The minimum absolute atomic E-state index is 0.0149. The quantitative estimate of drug-likeness (QED) is 0.552. The van der Waals surface area contributed by atoms with Crippen LogP contribution < -0.4 is 14.9 Å². The molecule has 1 aromatic carbocycles. The highest BCUT2D eigenvalue weighted by Gasteiger charge is 2.65. The van der Waals surface area contributed by atoms with Gasteiger partial charge in [-0.25, -0.2) is 16.8 Å². The molecule has 0 amide bonds. The second-order valence-corrected chi connectivity index (χ2v) is 12.9. The number of carbonyl (C=O) groups excluding carboxylic acids is 1. The molecule has 1 saturated heterocycles. The molecule has 3 aliphatic rings. The predicted molar refractivity (Wildman–Crippen MR) is 115 cm³/mol. The van der Waals surface area contributed by atoms with Crippen LogP contribution in [-0.2, 0) is 29.7 Å². The number of fused-ring (bicyclic) bond motifs is 2. The van der Waals surface area contributed by atoms with Gasteiger partial charge in [0.25, 0.3) is 0 Å². The Kier molecular flexibility index (Phi) is 5.49. The average molecular weight is 472 g/mol. The Morgan fingerprint density at radius 1 is 1.16 bits per heavy atom. The minimum Gasteiger partial charge on any atom is -0.299 e. The number of rotatable bonds is 7. The van der Waals surface area contributed by atoms with Crippen LogP contribution in [-0.4, -0.2) is 40.6 Å². The molecule has 0 spiro atoms. The summed E-state index contributed by atoms with van der Waals surface area (Å²) in [6.45, 7) is 5.80. The largest absolute Gasteiger partial charge is 0.299 e. The third-order valence-corrected chi connectivity index (χ3v) is 10.2. The summed E-state index contributed by atoms with van der Waals surface area (Å²) < 4.78 is 55.9. The molecule has 1 aromatic rings. The van der Waals surface area contributed by atoms with Gasteiger partial charge in [0.05, 0.1) is 28.3 Å². The van der Waals surface area contributed by atoms with Gasteiger partial charge in [-0.1, -0.05) is 13.8 Å². The van der Waals surface area contributed by atoms with E-state index in [9.17, 15) is 21.6 Å². The van der Waals surface area contributed by atoms with Crippen molar-refractivity contribution in [1.82, 2.24) is 10.2 Å². The number of hydroxylamine groups is 1. The first kappa shape index (κ1) is 22.7. The Morgan fingerprint density at radius 2 is 1.84 bits per heavy atom. The van der Waals surface area contributed by atoms with Gasteiger partial charge < -0.3 is 0 Å². The van der Waals surface area contributed by atoms with Crippen LogP contribution in [0.5, 0.6) is 0 Å². The van der Waals surface area contributed by atoms with E-state index in [2.05, 4.69) is 14.9 Å². The van der Waals surface area contributed by atoms with E-state index in [1.165, 1.54) is 24.3 Å². The van der Waals surface area contributed by atoms with Crippen molar-refractivity contribution in [1.29, 1.82) is 0 Å². The van der Waals surface area contributed by atoms with E-state index < -0.39 is 31.6 Å². The SMILES string of the molecule is CC1CC(NS(=O)(=O)c2ccc(NS(=O)(=O)CC34CCC(CC3=O)C4(C)C)cc2)NO1.